The molecule has 0 radical (unpaired) electrons. The minimum absolute atomic E-state index is 0.0204. The summed E-state index contributed by atoms with van der Waals surface area (Å²) in [6, 6.07) is 9.26. The first-order valence-corrected chi connectivity index (χ1v) is 7.78. The number of para-hydroxylation sites is 1. The third-order valence-corrected chi connectivity index (χ3v) is 4.42. The standard InChI is InChI=1S/C17H20N2O3/c1-12(22-15-7-3-2-5-13(15)11-18)17(20)19-9-10-21-16-8-4-6-14(16)19/h2-3,5,7,12,14,16H,4,6,8-10H2,1H3. The largest absolute Gasteiger partial charge is 0.480 e. The summed E-state index contributed by atoms with van der Waals surface area (Å²) in [6.45, 7) is 2.96. The normalized spacial score (nSPS) is 25.2. The number of nitrogens with zero attached hydrogens (tertiary/aromatic N) is 2. The number of fused-ring (bicyclic) bond motifs is 1. The van der Waals surface area contributed by atoms with E-state index in [1.165, 1.54) is 0 Å². The molecule has 3 rings (SSSR count). The Morgan fingerprint density at radius 2 is 2.27 bits per heavy atom. The Morgan fingerprint density at radius 1 is 1.45 bits per heavy atom. The maximum atomic E-state index is 12.7. The topological polar surface area (TPSA) is 62.6 Å². The number of morpholine rings is 1. The highest BCUT2D eigenvalue weighted by Crippen LogP contribution is 2.30. The Bertz CT molecular complexity index is 596. The Labute approximate surface area is 130 Å². The van der Waals surface area contributed by atoms with Crippen molar-refractivity contribution in [3.63, 3.8) is 0 Å². The lowest BCUT2D eigenvalue weighted by atomic mass is 10.1. The fourth-order valence-corrected chi connectivity index (χ4v) is 3.34. The molecule has 2 aliphatic rings. The van der Waals surface area contributed by atoms with Gasteiger partial charge in [-0.1, -0.05) is 12.1 Å². The second-order valence-electron chi connectivity index (χ2n) is 5.81. The Balaban J connectivity index is 1.70. The van der Waals surface area contributed by atoms with Crippen LogP contribution in [0.2, 0.25) is 0 Å². The number of ether oxygens (including phenoxy) is 2. The van der Waals surface area contributed by atoms with Gasteiger partial charge in [0.05, 0.1) is 24.3 Å². The van der Waals surface area contributed by atoms with E-state index in [2.05, 4.69) is 6.07 Å². The average molecular weight is 300 g/mol. The molecule has 3 unspecified atom stereocenters. The van der Waals surface area contributed by atoms with Crippen LogP contribution in [-0.4, -0.2) is 42.2 Å². The van der Waals surface area contributed by atoms with Gasteiger partial charge in [-0.3, -0.25) is 4.79 Å². The van der Waals surface area contributed by atoms with Gasteiger partial charge >= 0.3 is 0 Å². The van der Waals surface area contributed by atoms with Gasteiger partial charge in [-0.25, -0.2) is 0 Å². The molecule has 116 valence electrons. The second kappa shape index (κ2) is 6.37. The molecule has 1 heterocycles. The molecule has 22 heavy (non-hydrogen) atoms. The maximum Gasteiger partial charge on any atom is 0.263 e. The van der Waals surface area contributed by atoms with Gasteiger partial charge in [-0.2, -0.15) is 5.26 Å². The highest BCUT2D eigenvalue weighted by Gasteiger charge is 2.40. The summed E-state index contributed by atoms with van der Waals surface area (Å²) in [7, 11) is 0. The van der Waals surface area contributed by atoms with Gasteiger partial charge < -0.3 is 14.4 Å². The number of carbonyl (C=O) groups is 1. The number of benzene rings is 1. The lowest BCUT2D eigenvalue weighted by Crippen LogP contribution is -2.54. The summed E-state index contributed by atoms with van der Waals surface area (Å²) in [5, 5.41) is 9.10. The van der Waals surface area contributed by atoms with Crippen molar-refractivity contribution < 1.29 is 14.3 Å². The SMILES string of the molecule is CC(Oc1ccccc1C#N)C(=O)N1CCOC2CCCC21. The second-order valence-corrected chi connectivity index (χ2v) is 5.81. The van der Waals surface area contributed by atoms with E-state index in [0.29, 0.717) is 24.5 Å². The predicted molar refractivity (Wildman–Crippen MR) is 80.3 cm³/mol. The summed E-state index contributed by atoms with van der Waals surface area (Å²) in [4.78, 5) is 14.6. The molecule has 1 aliphatic carbocycles. The van der Waals surface area contributed by atoms with E-state index in [1.54, 1.807) is 31.2 Å². The summed E-state index contributed by atoms with van der Waals surface area (Å²) in [5.74, 6) is 0.440. The van der Waals surface area contributed by atoms with Crippen molar-refractivity contribution in [2.75, 3.05) is 13.2 Å². The zero-order chi connectivity index (χ0) is 15.5. The molecule has 1 saturated heterocycles. The summed E-state index contributed by atoms with van der Waals surface area (Å²) in [6.07, 6.45) is 2.70. The number of amides is 1. The first-order chi connectivity index (χ1) is 10.7. The number of carbonyl (C=O) groups excluding carboxylic acids is 1. The lowest BCUT2D eigenvalue weighted by Gasteiger charge is -2.38. The minimum atomic E-state index is -0.603. The predicted octanol–water partition coefficient (Wildman–Crippen LogP) is 2.11. The molecule has 0 bridgehead atoms. The first-order valence-electron chi connectivity index (χ1n) is 7.78. The van der Waals surface area contributed by atoms with Crippen LogP contribution >= 0.6 is 0 Å². The molecule has 0 aromatic heterocycles. The Hall–Kier alpha value is -2.06. The van der Waals surface area contributed by atoms with Gasteiger partial charge in [-0.15, -0.1) is 0 Å². The zero-order valence-corrected chi connectivity index (χ0v) is 12.7. The van der Waals surface area contributed by atoms with Crippen LogP contribution in [0.1, 0.15) is 31.7 Å². The summed E-state index contributed by atoms with van der Waals surface area (Å²) >= 11 is 0. The van der Waals surface area contributed by atoms with Crippen LogP contribution in [0.4, 0.5) is 0 Å². The Kier molecular flexibility index (Phi) is 4.30. The quantitative estimate of drug-likeness (QED) is 0.857. The van der Waals surface area contributed by atoms with Crippen LogP contribution in [0.25, 0.3) is 0 Å². The molecule has 0 spiro atoms. The van der Waals surface area contributed by atoms with Gasteiger partial charge in [0.2, 0.25) is 0 Å². The number of hydrogen-bond donors (Lipinski definition) is 0. The van der Waals surface area contributed by atoms with Gasteiger partial charge in [0.25, 0.3) is 5.91 Å². The van der Waals surface area contributed by atoms with Crippen LogP contribution in [0.5, 0.6) is 5.75 Å². The van der Waals surface area contributed by atoms with Crippen LogP contribution in [0.3, 0.4) is 0 Å². The molecule has 1 aliphatic heterocycles. The van der Waals surface area contributed by atoms with E-state index < -0.39 is 6.10 Å². The van der Waals surface area contributed by atoms with Gasteiger partial charge in [0.15, 0.2) is 6.10 Å². The van der Waals surface area contributed by atoms with E-state index in [1.807, 2.05) is 4.90 Å². The molecule has 5 heteroatoms. The van der Waals surface area contributed by atoms with Crippen LogP contribution in [0.15, 0.2) is 24.3 Å². The molecule has 3 atom stereocenters. The summed E-state index contributed by atoms with van der Waals surface area (Å²) < 4.78 is 11.5. The van der Waals surface area contributed by atoms with Crippen molar-refractivity contribution in [1.29, 1.82) is 5.26 Å². The average Bonchev–Trinajstić information content (AvgIpc) is 3.03. The van der Waals surface area contributed by atoms with Crippen LogP contribution < -0.4 is 4.74 Å². The first kappa shape index (κ1) is 14.9. The molecule has 0 N–H and O–H groups in total. The van der Waals surface area contributed by atoms with Gasteiger partial charge in [0.1, 0.15) is 11.8 Å². The van der Waals surface area contributed by atoms with Gasteiger partial charge in [0, 0.05) is 6.54 Å². The fraction of sp³-hybridized carbons (Fsp3) is 0.529. The van der Waals surface area contributed by atoms with Crippen molar-refractivity contribution in [3.8, 4) is 11.8 Å². The monoisotopic (exact) mass is 300 g/mol. The van der Waals surface area contributed by atoms with Crippen LogP contribution in [0, 0.1) is 11.3 Å². The van der Waals surface area contributed by atoms with E-state index in [-0.39, 0.29) is 18.1 Å². The number of nitriles is 1. The molecule has 1 aromatic rings. The molecular weight excluding hydrogens is 280 g/mol. The molecule has 1 saturated carbocycles. The van der Waals surface area contributed by atoms with Crippen molar-refractivity contribution >= 4 is 5.91 Å². The molecule has 5 nitrogen and oxygen atoms in total. The highest BCUT2D eigenvalue weighted by molar-refractivity contribution is 5.81. The highest BCUT2D eigenvalue weighted by atomic mass is 16.5. The third kappa shape index (κ3) is 2.79. The minimum Gasteiger partial charge on any atom is -0.480 e. The van der Waals surface area contributed by atoms with E-state index >= 15 is 0 Å². The third-order valence-electron chi connectivity index (χ3n) is 4.42. The Morgan fingerprint density at radius 3 is 3.09 bits per heavy atom. The molecule has 1 aromatic carbocycles. The van der Waals surface area contributed by atoms with Crippen LogP contribution in [-0.2, 0) is 9.53 Å². The number of rotatable bonds is 3. The van der Waals surface area contributed by atoms with Crippen molar-refractivity contribution in [1.82, 2.24) is 4.90 Å². The maximum absolute atomic E-state index is 12.7. The van der Waals surface area contributed by atoms with E-state index in [4.69, 9.17) is 14.7 Å². The summed E-state index contributed by atoms with van der Waals surface area (Å²) in [5.41, 5.74) is 0.447. The molecule has 2 fully saturated rings. The lowest BCUT2D eigenvalue weighted by molar-refractivity contribution is -0.150. The number of hydrogen-bond acceptors (Lipinski definition) is 4. The fourth-order valence-electron chi connectivity index (χ4n) is 3.34. The van der Waals surface area contributed by atoms with Crippen molar-refractivity contribution in [2.45, 2.75) is 44.4 Å². The van der Waals surface area contributed by atoms with E-state index in [0.717, 1.165) is 19.3 Å². The van der Waals surface area contributed by atoms with Crippen molar-refractivity contribution in [2.24, 2.45) is 0 Å². The van der Waals surface area contributed by atoms with Crippen molar-refractivity contribution in [3.05, 3.63) is 29.8 Å². The van der Waals surface area contributed by atoms with Gasteiger partial charge in [-0.05, 0) is 38.3 Å². The van der Waals surface area contributed by atoms with E-state index in [9.17, 15) is 4.79 Å². The molecular formula is C17H20N2O3. The smallest absolute Gasteiger partial charge is 0.263 e. The molecule has 1 amide bonds. The zero-order valence-electron chi connectivity index (χ0n) is 12.7.